The molecule has 2 aromatic carbocycles. The van der Waals surface area contributed by atoms with E-state index in [1.54, 1.807) is 0 Å². The van der Waals surface area contributed by atoms with Gasteiger partial charge in [0.25, 0.3) is 0 Å². The molecule has 0 aliphatic heterocycles. The van der Waals surface area contributed by atoms with Crippen molar-refractivity contribution in [2.75, 3.05) is 5.73 Å². The van der Waals surface area contributed by atoms with Gasteiger partial charge in [-0.05, 0) is 48.4 Å². The molecule has 0 fully saturated rings. The number of anilines is 1. The van der Waals surface area contributed by atoms with Crippen molar-refractivity contribution >= 4 is 29.1 Å². The predicted molar refractivity (Wildman–Crippen MR) is 97.9 cm³/mol. The van der Waals surface area contributed by atoms with Crippen LogP contribution in [0.15, 0.2) is 64.8 Å². The first-order valence-electron chi connectivity index (χ1n) is 7.46. The molecule has 0 unspecified atom stereocenters. The van der Waals surface area contributed by atoms with E-state index in [0.29, 0.717) is 27.4 Å². The molecule has 3 aromatic rings. The molecular formula is C18H16ClN3OS. The number of ether oxygens (including phenoxy) is 1. The van der Waals surface area contributed by atoms with E-state index in [4.69, 9.17) is 22.1 Å². The van der Waals surface area contributed by atoms with Gasteiger partial charge in [-0.25, -0.2) is 4.98 Å². The fourth-order valence-electron chi connectivity index (χ4n) is 2.05. The summed E-state index contributed by atoms with van der Waals surface area (Å²) in [7, 11) is 0. The molecule has 3 rings (SSSR count). The van der Waals surface area contributed by atoms with Gasteiger partial charge in [0, 0.05) is 9.92 Å². The van der Waals surface area contributed by atoms with Crippen molar-refractivity contribution in [1.82, 2.24) is 9.97 Å². The normalized spacial score (nSPS) is 10.6. The van der Waals surface area contributed by atoms with Crippen LogP contribution in [0.25, 0.3) is 0 Å². The van der Waals surface area contributed by atoms with Crippen LogP contribution in [0.1, 0.15) is 12.5 Å². The topological polar surface area (TPSA) is 61.0 Å². The van der Waals surface area contributed by atoms with E-state index >= 15 is 0 Å². The zero-order valence-electron chi connectivity index (χ0n) is 13.1. The van der Waals surface area contributed by atoms with E-state index in [-0.39, 0.29) is 0 Å². The molecule has 0 amide bonds. The number of nitrogen functional groups attached to an aromatic ring is 1. The third-order valence-corrected chi connectivity index (χ3v) is 4.66. The highest BCUT2D eigenvalue weighted by Gasteiger charge is 2.12. The van der Waals surface area contributed by atoms with Gasteiger partial charge in [-0.15, -0.1) is 0 Å². The summed E-state index contributed by atoms with van der Waals surface area (Å²) in [6.45, 7) is 2.11. The minimum Gasteiger partial charge on any atom is -0.437 e. The van der Waals surface area contributed by atoms with E-state index < -0.39 is 0 Å². The van der Waals surface area contributed by atoms with Crippen LogP contribution in [0, 0.1) is 0 Å². The van der Waals surface area contributed by atoms with Gasteiger partial charge in [-0.3, -0.25) is 0 Å². The summed E-state index contributed by atoms with van der Waals surface area (Å²) in [5, 5.41) is 1.34. The molecule has 0 saturated carbocycles. The molecule has 2 N–H and O–H groups in total. The Morgan fingerprint density at radius 2 is 1.75 bits per heavy atom. The van der Waals surface area contributed by atoms with E-state index in [0.717, 1.165) is 11.3 Å². The predicted octanol–water partition coefficient (Wildman–Crippen LogP) is 5.22. The Balaban J connectivity index is 1.80. The Morgan fingerprint density at radius 1 is 1.04 bits per heavy atom. The van der Waals surface area contributed by atoms with Crippen molar-refractivity contribution < 1.29 is 4.74 Å². The van der Waals surface area contributed by atoms with E-state index in [2.05, 4.69) is 16.9 Å². The Labute approximate surface area is 150 Å². The third kappa shape index (κ3) is 3.99. The maximum atomic E-state index is 6.17. The van der Waals surface area contributed by atoms with E-state index in [1.165, 1.54) is 23.7 Å². The zero-order chi connectivity index (χ0) is 16.9. The van der Waals surface area contributed by atoms with Crippen molar-refractivity contribution in [2.45, 2.75) is 23.3 Å². The molecule has 0 atom stereocenters. The van der Waals surface area contributed by atoms with Crippen molar-refractivity contribution in [2.24, 2.45) is 0 Å². The highest BCUT2D eigenvalue weighted by atomic mass is 35.5. The Kier molecular flexibility index (Phi) is 5.23. The maximum Gasteiger partial charge on any atom is 0.247 e. The summed E-state index contributed by atoms with van der Waals surface area (Å²) in [5.41, 5.74) is 7.83. The highest BCUT2D eigenvalue weighted by molar-refractivity contribution is 7.99. The van der Waals surface area contributed by atoms with Gasteiger partial charge in [-0.1, -0.05) is 42.4 Å². The summed E-state index contributed by atoms with van der Waals surface area (Å²) in [6.07, 6.45) is 2.43. The van der Waals surface area contributed by atoms with Crippen LogP contribution in [-0.4, -0.2) is 9.97 Å². The van der Waals surface area contributed by atoms with Gasteiger partial charge in [0.15, 0.2) is 0 Å². The lowest BCUT2D eigenvalue weighted by atomic mass is 10.2. The number of hydrogen-bond donors (Lipinski definition) is 1. The molecule has 0 bridgehead atoms. The molecule has 0 aliphatic rings. The molecule has 6 heteroatoms. The van der Waals surface area contributed by atoms with E-state index in [1.807, 2.05) is 48.5 Å². The van der Waals surface area contributed by atoms with Gasteiger partial charge in [0.2, 0.25) is 5.88 Å². The van der Waals surface area contributed by atoms with Crippen molar-refractivity contribution in [3.8, 4) is 11.6 Å². The van der Waals surface area contributed by atoms with Crippen LogP contribution in [0.3, 0.4) is 0 Å². The number of nitrogens with two attached hydrogens (primary N) is 1. The summed E-state index contributed by atoms with van der Waals surface area (Å²) in [6, 6.07) is 15.4. The second-order valence-corrected chi connectivity index (χ2v) is 6.55. The van der Waals surface area contributed by atoms with Gasteiger partial charge in [0.1, 0.15) is 22.8 Å². The van der Waals surface area contributed by atoms with Gasteiger partial charge >= 0.3 is 0 Å². The van der Waals surface area contributed by atoms with Crippen molar-refractivity contribution in [3.05, 3.63) is 65.4 Å². The summed E-state index contributed by atoms with van der Waals surface area (Å²) < 4.78 is 5.80. The minimum atomic E-state index is 0.353. The molecule has 1 heterocycles. The lowest BCUT2D eigenvalue weighted by molar-refractivity contribution is 0.462. The number of benzene rings is 2. The van der Waals surface area contributed by atoms with Crippen molar-refractivity contribution in [3.63, 3.8) is 0 Å². The smallest absolute Gasteiger partial charge is 0.247 e. The minimum absolute atomic E-state index is 0.353. The zero-order valence-corrected chi connectivity index (χ0v) is 14.6. The highest BCUT2D eigenvalue weighted by Crippen LogP contribution is 2.35. The van der Waals surface area contributed by atoms with Gasteiger partial charge in [-0.2, -0.15) is 4.98 Å². The standard InChI is InChI=1S/C18H16ClN3OS/c1-2-12-3-7-14(8-4-12)23-17-16(20)18(22-11-21-17)24-15-9-5-13(19)6-10-15/h3-11H,2,20H2,1H3. The monoisotopic (exact) mass is 357 g/mol. The molecule has 24 heavy (non-hydrogen) atoms. The molecular weight excluding hydrogens is 342 g/mol. The molecule has 0 saturated heterocycles. The molecule has 122 valence electrons. The second kappa shape index (κ2) is 7.55. The van der Waals surface area contributed by atoms with Crippen LogP contribution < -0.4 is 10.5 Å². The number of aryl methyl sites for hydroxylation is 1. The number of rotatable bonds is 5. The Bertz CT molecular complexity index is 823. The van der Waals surface area contributed by atoms with Crippen LogP contribution in [0.4, 0.5) is 5.69 Å². The van der Waals surface area contributed by atoms with Gasteiger partial charge in [0.05, 0.1) is 0 Å². The maximum absolute atomic E-state index is 6.17. The quantitative estimate of drug-likeness (QED) is 0.634. The van der Waals surface area contributed by atoms with Crippen LogP contribution in [0.5, 0.6) is 11.6 Å². The average molecular weight is 358 g/mol. The molecule has 0 radical (unpaired) electrons. The lowest BCUT2D eigenvalue weighted by Gasteiger charge is -2.10. The fraction of sp³-hybridized carbons (Fsp3) is 0.111. The number of hydrogen-bond acceptors (Lipinski definition) is 5. The number of aromatic nitrogens is 2. The lowest BCUT2D eigenvalue weighted by Crippen LogP contribution is -1.99. The van der Waals surface area contributed by atoms with Crippen LogP contribution >= 0.6 is 23.4 Å². The Morgan fingerprint density at radius 3 is 2.42 bits per heavy atom. The summed E-state index contributed by atoms with van der Waals surface area (Å²) >= 11 is 7.34. The number of nitrogens with zero attached hydrogens (tertiary/aromatic N) is 2. The van der Waals surface area contributed by atoms with Crippen molar-refractivity contribution in [1.29, 1.82) is 0 Å². The average Bonchev–Trinajstić information content (AvgIpc) is 2.61. The Hall–Kier alpha value is -2.24. The number of halogens is 1. The SMILES string of the molecule is CCc1ccc(Oc2ncnc(Sc3ccc(Cl)cc3)c2N)cc1. The summed E-state index contributed by atoms with van der Waals surface area (Å²) in [4.78, 5) is 9.37. The van der Waals surface area contributed by atoms with E-state index in [9.17, 15) is 0 Å². The molecule has 0 spiro atoms. The molecule has 4 nitrogen and oxygen atoms in total. The van der Waals surface area contributed by atoms with Gasteiger partial charge < -0.3 is 10.5 Å². The molecule has 1 aromatic heterocycles. The largest absolute Gasteiger partial charge is 0.437 e. The first-order chi connectivity index (χ1) is 11.7. The van der Waals surface area contributed by atoms with Crippen LogP contribution in [0.2, 0.25) is 5.02 Å². The summed E-state index contributed by atoms with van der Waals surface area (Å²) in [5.74, 6) is 1.05. The van der Waals surface area contributed by atoms with Crippen LogP contribution in [-0.2, 0) is 6.42 Å². The first-order valence-corrected chi connectivity index (χ1v) is 8.66. The second-order valence-electron chi connectivity index (χ2n) is 5.05. The fourth-order valence-corrected chi connectivity index (χ4v) is 2.96. The first kappa shape index (κ1) is 16.6. The molecule has 0 aliphatic carbocycles. The third-order valence-electron chi connectivity index (χ3n) is 3.39.